The molecule has 0 bridgehead atoms. The fraction of sp³-hybridized carbons (Fsp3) is 1.00. The van der Waals surface area contributed by atoms with Crippen LogP contribution in [0.25, 0.3) is 0 Å². The van der Waals surface area contributed by atoms with Gasteiger partial charge in [-0.05, 0) is 56.9 Å². The van der Waals surface area contributed by atoms with Crippen molar-refractivity contribution in [1.29, 1.82) is 0 Å². The van der Waals surface area contributed by atoms with Crippen molar-refractivity contribution < 1.29 is 0 Å². The molecule has 1 aliphatic rings. The number of nitrogens with one attached hydrogen (secondary N) is 1. The molecule has 1 fully saturated rings. The molecule has 0 aromatic carbocycles. The Kier molecular flexibility index (Phi) is 4.34. The first-order valence-corrected chi connectivity index (χ1v) is 7.46. The van der Waals surface area contributed by atoms with Gasteiger partial charge in [0.05, 0.1) is 0 Å². The van der Waals surface area contributed by atoms with Gasteiger partial charge in [0.2, 0.25) is 0 Å². The van der Waals surface area contributed by atoms with Crippen molar-refractivity contribution in [2.24, 2.45) is 16.7 Å². The smallest absolute Gasteiger partial charge is 0.00966 e. The van der Waals surface area contributed by atoms with Gasteiger partial charge in [-0.15, -0.1) is 0 Å². The maximum atomic E-state index is 3.70. The Morgan fingerprint density at radius 3 is 2.12 bits per heavy atom. The molecule has 0 amide bonds. The summed E-state index contributed by atoms with van der Waals surface area (Å²) in [6, 6.07) is 0. The van der Waals surface area contributed by atoms with Crippen LogP contribution in [0.5, 0.6) is 0 Å². The van der Waals surface area contributed by atoms with E-state index in [1.54, 1.807) is 0 Å². The Morgan fingerprint density at radius 2 is 1.71 bits per heavy atom. The lowest BCUT2D eigenvalue weighted by molar-refractivity contribution is 0.322. The summed E-state index contributed by atoms with van der Waals surface area (Å²) in [5, 5.41) is 3.70. The first-order chi connectivity index (χ1) is 7.71. The van der Waals surface area contributed by atoms with Crippen LogP contribution >= 0.6 is 0 Å². The topological polar surface area (TPSA) is 12.0 Å². The van der Waals surface area contributed by atoms with Gasteiger partial charge in [0.15, 0.2) is 0 Å². The molecule has 2 atom stereocenters. The predicted molar refractivity (Wildman–Crippen MR) is 77.3 cm³/mol. The largest absolute Gasteiger partial charge is 0.312 e. The van der Waals surface area contributed by atoms with Crippen molar-refractivity contribution in [3.8, 4) is 0 Å². The van der Waals surface area contributed by atoms with Crippen LogP contribution in [0.2, 0.25) is 0 Å². The summed E-state index contributed by atoms with van der Waals surface area (Å²) < 4.78 is 0. The van der Waals surface area contributed by atoms with E-state index in [2.05, 4.69) is 53.8 Å². The van der Waals surface area contributed by atoms with E-state index in [0.29, 0.717) is 10.8 Å². The highest BCUT2D eigenvalue weighted by Gasteiger charge is 2.68. The van der Waals surface area contributed by atoms with E-state index in [9.17, 15) is 0 Å². The third-order valence-corrected chi connectivity index (χ3v) is 5.18. The Labute approximate surface area is 109 Å². The number of rotatable bonds is 6. The van der Waals surface area contributed by atoms with Crippen LogP contribution < -0.4 is 5.32 Å². The summed E-state index contributed by atoms with van der Waals surface area (Å²) in [5.74, 6) is 0.866. The van der Waals surface area contributed by atoms with Gasteiger partial charge in [0, 0.05) is 5.54 Å². The average Bonchev–Trinajstić information content (AvgIpc) is 2.67. The van der Waals surface area contributed by atoms with Gasteiger partial charge in [-0.25, -0.2) is 0 Å². The van der Waals surface area contributed by atoms with Crippen LogP contribution in [0.15, 0.2) is 0 Å². The van der Waals surface area contributed by atoms with Gasteiger partial charge < -0.3 is 5.32 Å². The fourth-order valence-electron chi connectivity index (χ4n) is 3.79. The maximum absolute atomic E-state index is 3.70. The minimum atomic E-state index is 0.253. The first kappa shape index (κ1) is 15.0. The molecule has 0 spiro atoms. The lowest BCUT2D eigenvalue weighted by Crippen LogP contribution is -2.38. The minimum Gasteiger partial charge on any atom is -0.312 e. The molecule has 0 aromatic rings. The SMILES string of the molecule is CCCCC1(CC)C(CNC(C)(C)C)C1(C)C. The van der Waals surface area contributed by atoms with E-state index in [0.717, 1.165) is 5.92 Å². The first-order valence-electron chi connectivity index (χ1n) is 7.46. The molecule has 102 valence electrons. The number of hydrogen-bond acceptors (Lipinski definition) is 1. The molecule has 1 N–H and O–H groups in total. The standard InChI is InChI=1S/C16H33N/c1-8-10-11-16(9-2)13(15(16,6)7)12-17-14(3,4)5/h13,17H,8-12H2,1-7H3. The van der Waals surface area contributed by atoms with E-state index in [1.807, 2.05) is 0 Å². The van der Waals surface area contributed by atoms with Crippen LogP contribution in [-0.4, -0.2) is 12.1 Å². The highest BCUT2D eigenvalue weighted by Crippen LogP contribution is 2.72. The van der Waals surface area contributed by atoms with Crippen LogP contribution in [0.3, 0.4) is 0 Å². The summed E-state index contributed by atoms with van der Waals surface area (Å²) in [5.41, 5.74) is 1.40. The molecule has 1 saturated carbocycles. The van der Waals surface area contributed by atoms with Crippen molar-refractivity contribution in [3.63, 3.8) is 0 Å². The van der Waals surface area contributed by atoms with Gasteiger partial charge >= 0.3 is 0 Å². The molecule has 0 aliphatic heterocycles. The van der Waals surface area contributed by atoms with E-state index in [-0.39, 0.29) is 5.54 Å². The molecule has 0 heterocycles. The third-order valence-electron chi connectivity index (χ3n) is 5.18. The molecule has 0 aromatic heterocycles. The number of hydrogen-bond donors (Lipinski definition) is 1. The van der Waals surface area contributed by atoms with E-state index in [1.165, 1.54) is 32.2 Å². The van der Waals surface area contributed by atoms with Gasteiger partial charge in [0.1, 0.15) is 0 Å². The molecular weight excluding hydrogens is 206 g/mol. The van der Waals surface area contributed by atoms with Crippen LogP contribution in [-0.2, 0) is 0 Å². The summed E-state index contributed by atoms with van der Waals surface area (Å²) in [6.45, 7) is 17.6. The summed E-state index contributed by atoms with van der Waals surface area (Å²) >= 11 is 0. The van der Waals surface area contributed by atoms with Crippen molar-refractivity contribution >= 4 is 0 Å². The summed E-state index contributed by atoms with van der Waals surface area (Å²) in [6.07, 6.45) is 5.49. The lowest BCUT2D eigenvalue weighted by atomic mass is 9.87. The minimum absolute atomic E-state index is 0.253. The van der Waals surface area contributed by atoms with Crippen molar-refractivity contribution in [2.45, 2.75) is 79.7 Å². The second-order valence-corrected chi connectivity index (χ2v) is 7.52. The molecule has 0 saturated heterocycles. The maximum Gasteiger partial charge on any atom is 0.00966 e. The molecule has 0 radical (unpaired) electrons. The third kappa shape index (κ3) is 2.86. The van der Waals surface area contributed by atoms with Gasteiger partial charge in [-0.2, -0.15) is 0 Å². The lowest BCUT2D eigenvalue weighted by Gasteiger charge is -2.22. The Balaban J connectivity index is 2.61. The highest BCUT2D eigenvalue weighted by atomic mass is 15.0. The van der Waals surface area contributed by atoms with Gasteiger partial charge in [-0.3, -0.25) is 0 Å². The Bertz CT molecular complexity index is 249. The van der Waals surface area contributed by atoms with E-state index >= 15 is 0 Å². The second kappa shape index (κ2) is 4.91. The quantitative estimate of drug-likeness (QED) is 0.713. The normalized spacial score (nSPS) is 31.6. The van der Waals surface area contributed by atoms with Crippen molar-refractivity contribution in [3.05, 3.63) is 0 Å². The number of unbranched alkanes of at least 4 members (excludes halogenated alkanes) is 1. The van der Waals surface area contributed by atoms with Crippen molar-refractivity contribution in [1.82, 2.24) is 5.32 Å². The van der Waals surface area contributed by atoms with Crippen molar-refractivity contribution in [2.75, 3.05) is 6.54 Å². The molecular formula is C16H33N. The molecule has 2 unspecified atom stereocenters. The molecule has 1 rings (SSSR count). The van der Waals surface area contributed by atoms with E-state index in [4.69, 9.17) is 0 Å². The summed E-state index contributed by atoms with van der Waals surface area (Å²) in [4.78, 5) is 0. The fourth-order valence-corrected chi connectivity index (χ4v) is 3.79. The monoisotopic (exact) mass is 239 g/mol. The molecule has 1 aliphatic carbocycles. The molecule has 17 heavy (non-hydrogen) atoms. The molecule has 1 nitrogen and oxygen atoms in total. The Hall–Kier alpha value is -0.0400. The van der Waals surface area contributed by atoms with Gasteiger partial charge in [-0.1, -0.05) is 40.5 Å². The Morgan fingerprint density at radius 1 is 1.12 bits per heavy atom. The summed E-state index contributed by atoms with van der Waals surface area (Å²) in [7, 11) is 0. The van der Waals surface area contributed by atoms with Gasteiger partial charge in [0.25, 0.3) is 0 Å². The highest BCUT2D eigenvalue weighted by molar-refractivity contribution is 5.17. The van der Waals surface area contributed by atoms with Crippen LogP contribution in [0, 0.1) is 16.7 Å². The average molecular weight is 239 g/mol. The van der Waals surface area contributed by atoms with Crippen LogP contribution in [0.4, 0.5) is 0 Å². The van der Waals surface area contributed by atoms with Crippen LogP contribution in [0.1, 0.15) is 74.1 Å². The zero-order valence-electron chi connectivity index (χ0n) is 13.1. The molecule has 1 heteroatoms. The zero-order chi connectivity index (χ0) is 13.3. The van der Waals surface area contributed by atoms with E-state index < -0.39 is 0 Å². The second-order valence-electron chi connectivity index (χ2n) is 7.52. The zero-order valence-corrected chi connectivity index (χ0v) is 13.1. The predicted octanol–water partition coefficient (Wildman–Crippen LogP) is 4.62.